The Bertz CT molecular complexity index is 834. The number of benzene rings is 2. The second kappa shape index (κ2) is 7.45. The van der Waals surface area contributed by atoms with Crippen molar-refractivity contribution in [3.05, 3.63) is 42.0 Å². The number of hydrogen-bond acceptors (Lipinski definition) is 5. The van der Waals surface area contributed by atoms with Gasteiger partial charge in [0.15, 0.2) is 0 Å². The summed E-state index contributed by atoms with van der Waals surface area (Å²) >= 11 is -5.26. The summed E-state index contributed by atoms with van der Waals surface area (Å²) in [5.74, 6) is -0.394. The SMILES string of the molecule is CC(=O)Nc1cc(C)cc(-c2ccc(N(C)C)cc2)c1[As](=O)(O)OO. The molecule has 0 spiro atoms. The average Bonchev–Trinajstić information content (AvgIpc) is 2.53. The van der Waals surface area contributed by atoms with Gasteiger partial charge in [-0.15, -0.1) is 0 Å². The van der Waals surface area contributed by atoms with Crippen LogP contribution in [0.2, 0.25) is 0 Å². The van der Waals surface area contributed by atoms with Crippen LogP contribution in [-0.4, -0.2) is 43.5 Å². The Labute approximate surface area is 149 Å². The Morgan fingerprint density at radius 3 is 2.28 bits per heavy atom. The fourth-order valence-electron chi connectivity index (χ4n) is 2.57. The monoisotopic (exact) mass is 408 g/mol. The van der Waals surface area contributed by atoms with Crippen molar-refractivity contribution in [2.24, 2.45) is 0 Å². The minimum atomic E-state index is -5.26. The molecule has 7 nitrogen and oxygen atoms in total. The van der Waals surface area contributed by atoms with Crippen molar-refractivity contribution in [3.63, 3.8) is 0 Å². The minimum absolute atomic E-state index is 0.0981. The Hall–Kier alpha value is -2.05. The zero-order valence-electron chi connectivity index (χ0n) is 14.5. The molecule has 3 N–H and O–H groups in total. The summed E-state index contributed by atoms with van der Waals surface area (Å²) in [6, 6.07) is 10.6. The molecule has 0 fully saturated rings. The molecule has 0 saturated carbocycles. The van der Waals surface area contributed by atoms with Crippen LogP contribution in [-0.2, 0) is 12.4 Å². The van der Waals surface area contributed by atoms with E-state index < -0.39 is 20.1 Å². The molecule has 134 valence electrons. The first-order valence-electron chi connectivity index (χ1n) is 7.52. The van der Waals surface area contributed by atoms with Gasteiger partial charge in [0.25, 0.3) is 0 Å². The van der Waals surface area contributed by atoms with Crippen molar-refractivity contribution in [1.82, 2.24) is 0 Å². The topological polar surface area (TPSA) is 99.1 Å². The number of nitrogens with one attached hydrogen (secondary N) is 1. The molecule has 2 aromatic carbocycles. The van der Waals surface area contributed by atoms with Gasteiger partial charge in [-0.3, -0.25) is 0 Å². The maximum atomic E-state index is 12.5. The van der Waals surface area contributed by atoms with E-state index in [1.807, 2.05) is 38.1 Å². The molecule has 2 aromatic rings. The van der Waals surface area contributed by atoms with E-state index >= 15 is 0 Å². The Morgan fingerprint density at radius 2 is 1.80 bits per heavy atom. The predicted molar refractivity (Wildman–Crippen MR) is 97.3 cm³/mol. The van der Waals surface area contributed by atoms with Gasteiger partial charge in [0, 0.05) is 0 Å². The van der Waals surface area contributed by atoms with E-state index in [4.69, 9.17) is 5.26 Å². The molecule has 0 aliphatic heterocycles. The predicted octanol–water partition coefficient (Wildman–Crippen LogP) is 1.74. The van der Waals surface area contributed by atoms with E-state index in [0.29, 0.717) is 11.1 Å². The molecule has 1 amide bonds. The molecule has 0 bridgehead atoms. The summed E-state index contributed by atoms with van der Waals surface area (Å²) in [5, 5.41) is 11.5. The van der Waals surface area contributed by atoms with Crippen LogP contribution in [0.5, 0.6) is 0 Å². The van der Waals surface area contributed by atoms with Crippen LogP contribution in [0.3, 0.4) is 0 Å². The van der Waals surface area contributed by atoms with Crippen molar-refractivity contribution in [1.29, 1.82) is 0 Å². The summed E-state index contributed by atoms with van der Waals surface area (Å²) in [7, 11) is 3.82. The molecule has 25 heavy (non-hydrogen) atoms. The van der Waals surface area contributed by atoms with Gasteiger partial charge in [-0.25, -0.2) is 0 Å². The number of anilines is 2. The maximum absolute atomic E-state index is 12.5. The molecule has 1 atom stereocenters. The van der Waals surface area contributed by atoms with Gasteiger partial charge in [0.05, 0.1) is 0 Å². The van der Waals surface area contributed by atoms with Gasteiger partial charge < -0.3 is 0 Å². The summed E-state index contributed by atoms with van der Waals surface area (Å²) in [5.41, 5.74) is 3.00. The number of nitrogens with zero attached hydrogens (tertiary/aromatic N) is 1. The van der Waals surface area contributed by atoms with Crippen molar-refractivity contribution in [2.75, 3.05) is 24.3 Å². The van der Waals surface area contributed by atoms with Crippen molar-refractivity contribution < 1.29 is 21.8 Å². The fraction of sp³-hybridized carbons (Fsp3) is 0.235. The van der Waals surface area contributed by atoms with Crippen molar-refractivity contribution in [2.45, 2.75) is 13.8 Å². The van der Waals surface area contributed by atoms with E-state index in [1.54, 1.807) is 24.3 Å². The van der Waals surface area contributed by atoms with Crippen LogP contribution in [0, 0.1) is 6.92 Å². The standard InChI is InChI=1S/C17H21AsN2O5/c1-11-9-15(13-5-7-14(8-6-13)20(3)4)17(18(22,23)25-24)16(10-11)19-12(2)21/h5-10,24H,1-4H3,(H,19,21)(H,22,23). The Kier molecular flexibility index (Phi) is 5.75. The summed E-state index contributed by atoms with van der Waals surface area (Å²) in [6.07, 6.45) is 0. The van der Waals surface area contributed by atoms with Crippen molar-refractivity contribution in [3.8, 4) is 11.1 Å². The van der Waals surface area contributed by atoms with E-state index in [0.717, 1.165) is 11.3 Å². The van der Waals surface area contributed by atoms with Crippen LogP contribution >= 0.6 is 0 Å². The molecule has 8 heteroatoms. The first kappa shape index (κ1) is 19.3. The molecule has 0 aliphatic carbocycles. The van der Waals surface area contributed by atoms with Gasteiger partial charge in [0.2, 0.25) is 0 Å². The zero-order chi connectivity index (χ0) is 18.8. The first-order chi connectivity index (χ1) is 11.7. The number of carbonyl (C=O) groups is 1. The Morgan fingerprint density at radius 1 is 1.20 bits per heavy atom. The Balaban J connectivity index is 2.73. The number of carbonyl (C=O) groups excluding carboxylic acids is 1. The van der Waals surface area contributed by atoms with Gasteiger partial charge >= 0.3 is 149 Å². The molecule has 0 radical (unpaired) electrons. The van der Waals surface area contributed by atoms with Gasteiger partial charge in [-0.05, 0) is 0 Å². The van der Waals surface area contributed by atoms with Crippen LogP contribution in [0.15, 0.2) is 36.4 Å². The van der Waals surface area contributed by atoms with E-state index in [9.17, 15) is 12.6 Å². The van der Waals surface area contributed by atoms with Gasteiger partial charge in [-0.1, -0.05) is 0 Å². The average molecular weight is 408 g/mol. The van der Waals surface area contributed by atoms with E-state index in [2.05, 4.69) is 9.19 Å². The third-order valence-electron chi connectivity index (χ3n) is 3.65. The normalized spacial score (nSPS) is 13.2. The summed E-state index contributed by atoms with van der Waals surface area (Å²) in [6.45, 7) is 3.11. The third kappa shape index (κ3) is 4.32. The van der Waals surface area contributed by atoms with Crippen LogP contribution in [0.25, 0.3) is 11.1 Å². The quantitative estimate of drug-likeness (QED) is 0.396. The molecule has 0 aliphatic rings. The fourth-order valence-corrected chi connectivity index (χ4v) is 4.68. The molecule has 2 rings (SSSR count). The summed E-state index contributed by atoms with van der Waals surface area (Å²) in [4.78, 5) is 13.4. The molecular formula is C17H21AsN2O5. The second-order valence-electron chi connectivity index (χ2n) is 5.93. The number of amides is 1. The molecule has 0 saturated heterocycles. The zero-order valence-corrected chi connectivity index (χ0v) is 16.4. The molecular weight excluding hydrogens is 387 g/mol. The third-order valence-corrected chi connectivity index (χ3v) is 6.31. The van der Waals surface area contributed by atoms with Crippen LogP contribution in [0.1, 0.15) is 12.5 Å². The van der Waals surface area contributed by atoms with Gasteiger partial charge in [-0.2, -0.15) is 0 Å². The van der Waals surface area contributed by atoms with Crippen LogP contribution in [0.4, 0.5) is 11.4 Å². The van der Waals surface area contributed by atoms with Crippen LogP contribution < -0.4 is 14.6 Å². The van der Waals surface area contributed by atoms with Crippen molar-refractivity contribution >= 4 is 35.8 Å². The molecule has 0 heterocycles. The molecule has 1 unspecified atom stereocenters. The number of hydrogen-bond donors (Lipinski definition) is 3. The number of rotatable bonds is 5. The summed E-state index contributed by atoms with van der Waals surface area (Å²) < 4.78 is 26.4. The van der Waals surface area contributed by atoms with Gasteiger partial charge in [0.1, 0.15) is 0 Å². The second-order valence-corrected chi connectivity index (χ2v) is 9.40. The number of aryl methyl sites for hydroxylation is 1. The molecule has 0 aromatic heterocycles. The van der Waals surface area contributed by atoms with E-state index in [1.165, 1.54) is 6.92 Å². The first-order valence-corrected chi connectivity index (χ1v) is 10.8. The van der Waals surface area contributed by atoms with E-state index in [-0.39, 0.29) is 10.0 Å².